The van der Waals surface area contributed by atoms with Gasteiger partial charge in [0.25, 0.3) is 0 Å². The number of hydrogen-bond acceptors (Lipinski definition) is 6. The summed E-state index contributed by atoms with van der Waals surface area (Å²) in [4.78, 5) is 8.42. The molecule has 2 aromatic heterocycles. The fourth-order valence-electron chi connectivity index (χ4n) is 2.74. The summed E-state index contributed by atoms with van der Waals surface area (Å²) >= 11 is 3.31. The van der Waals surface area contributed by atoms with Gasteiger partial charge in [-0.1, -0.05) is 29.4 Å². The molecule has 6 nitrogen and oxygen atoms in total. The first-order chi connectivity index (χ1) is 12.3. The maximum atomic E-state index is 5.41. The first-order valence-electron chi connectivity index (χ1n) is 8.13. The van der Waals surface area contributed by atoms with Gasteiger partial charge in [0, 0.05) is 30.8 Å². The molecular weight excluding hydrogens is 384 g/mol. The molecule has 1 aliphatic heterocycles. The van der Waals surface area contributed by atoms with Crippen molar-refractivity contribution in [3.05, 3.63) is 52.9 Å². The quantitative estimate of drug-likeness (QED) is 0.706. The van der Waals surface area contributed by atoms with E-state index in [-0.39, 0.29) is 0 Å². The highest BCUT2D eigenvalue weighted by atomic mass is 79.9. The van der Waals surface area contributed by atoms with E-state index >= 15 is 0 Å². The number of nitrogens with zero attached hydrogens (tertiary/aromatic N) is 3. The highest BCUT2D eigenvalue weighted by Crippen LogP contribution is 2.25. The lowest BCUT2D eigenvalue weighted by molar-refractivity contribution is 0.190. The van der Waals surface area contributed by atoms with Crippen LogP contribution in [0.25, 0.3) is 22.7 Å². The van der Waals surface area contributed by atoms with E-state index in [4.69, 9.17) is 9.26 Å². The van der Waals surface area contributed by atoms with Gasteiger partial charge in [-0.2, -0.15) is 0 Å². The Morgan fingerprint density at radius 3 is 2.80 bits per heavy atom. The van der Waals surface area contributed by atoms with Crippen molar-refractivity contribution in [2.24, 2.45) is 0 Å². The Balaban J connectivity index is 1.45. The number of halogens is 1. The highest BCUT2D eigenvalue weighted by molar-refractivity contribution is 9.10. The van der Waals surface area contributed by atoms with Crippen molar-refractivity contribution in [3.63, 3.8) is 0 Å². The Morgan fingerprint density at radius 2 is 2.04 bits per heavy atom. The molecular formula is C18H17BrN4O2. The normalized spacial score (nSPS) is 17.1. The number of ether oxygens (including phenoxy) is 1. The molecule has 0 amide bonds. The second-order valence-corrected chi connectivity index (χ2v) is 6.75. The fourth-order valence-corrected chi connectivity index (χ4v) is 3.05. The molecule has 0 unspecified atom stereocenters. The molecule has 1 atom stereocenters. The molecule has 1 N–H and O–H groups in total. The van der Waals surface area contributed by atoms with E-state index in [9.17, 15) is 0 Å². The van der Waals surface area contributed by atoms with Crippen LogP contribution in [0.2, 0.25) is 0 Å². The van der Waals surface area contributed by atoms with Crippen LogP contribution >= 0.6 is 15.9 Å². The summed E-state index contributed by atoms with van der Waals surface area (Å²) < 4.78 is 11.4. The molecule has 1 saturated heterocycles. The molecule has 0 bridgehead atoms. The molecule has 0 radical (unpaired) electrons. The van der Waals surface area contributed by atoms with Crippen molar-refractivity contribution in [3.8, 4) is 22.7 Å². The predicted molar refractivity (Wildman–Crippen MR) is 96.7 cm³/mol. The Hall–Kier alpha value is -2.09. The summed E-state index contributed by atoms with van der Waals surface area (Å²) in [6, 6.07) is 10.6. The standard InChI is InChI=1S/C18H17BrN4O2/c19-18-10-20-9-16(22-18)17-7-15(23-25-17)13-3-1-12(2-4-13)8-21-14-5-6-24-11-14/h1-4,7,9-10,14,21H,5-6,8,11H2/t14-/m1/s1. The van der Waals surface area contributed by atoms with Gasteiger partial charge in [-0.3, -0.25) is 4.98 Å². The van der Waals surface area contributed by atoms with E-state index in [1.165, 1.54) is 5.56 Å². The van der Waals surface area contributed by atoms with Gasteiger partial charge in [-0.25, -0.2) is 4.98 Å². The minimum atomic E-state index is 0.462. The van der Waals surface area contributed by atoms with Gasteiger partial charge in [0.05, 0.1) is 19.0 Å². The second-order valence-electron chi connectivity index (χ2n) is 5.94. The molecule has 4 rings (SSSR count). The van der Waals surface area contributed by atoms with Crippen molar-refractivity contribution >= 4 is 15.9 Å². The Bertz CT molecular complexity index is 844. The van der Waals surface area contributed by atoms with Crippen LogP contribution in [0.5, 0.6) is 0 Å². The lowest BCUT2D eigenvalue weighted by Gasteiger charge is -2.10. The van der Waals surface area contributed by atoms with Crippen molar-refractivity contribution in [1.29, 1.82) is 0 Å². The van der Waals surface area contributed by atoms with Crippen LogP contribution in [0.1, 0.15) is 12.0 Å². The molecule has 25 heavy (non-hydrogen) atoms. The molecule has 1 aromatic carbocycles. The number of rotatable bonds is 5. The van der Waals surface area contributed by atoms with E-state index in [2.05, 4.69) is 60.6 Å². The zero-order chi connectivity index (χ0) is 17.1. The molecule has 0 spiro atoms. The topological polar surface area (TPSA) is 73.1 Å². The minimum Gasteiger partial charge on any atom is -0.380 e. The van der Waals surface area contributed by atoms with Gasteiger partial charge in [0.2, 0.25) is 0 Å². The average Bonchev–Trinajstić information content (AvgIpc) is 3.32. The predicted octanol–water partition coefficient (Wildman–Crippen LogP) is 3.44. The minimum absolute atomic E-state index is 0.462. The third-order valence-electron chi connectivity index (χ3n) is 4.14. The van der Waals surface area contributed by atoms with Gasteiger partial charge < -0.3 is 14.6 Å². The lowest BCUT2D eigenvalue weighted by Crippen LogP contribution is -2.28. The Labute approximate surface area is 153 Å². The zero-order valence-electron chi connectivity index (χ0n) is 13.5. The van der Waals surface area contributed by atoms with Crippen LogP contribution in [0, 0.1) is 0 Å². The third kappa shape index (κ3) is 3.95. The highest BCUT2D eigenvalue weighted by Gasteiger charge is 2.14. The molecule has 3 aromatic rings. The first kappa shape index (κ1) is 16.4. The van der Waals surface area contributed by atoms with Gasteiger partial charge in [-0.15, -0.1) is 0 Å². The van der Waals surface area contributed by atoms with Crippen LogP contribution < -0.4 is 5.32 Å². The van der Waals surface area contributed by atoms with Crippen LogP contribution in [0.4, 0.5) is 0 Å². The second kappa shape index (κ2) is 7.43. The van der Waals surface area contributed by atoms with Crippen LogP contribution in [0.15, 0.2) is 51.9 Å². The van der Waals surface area contributed by atoms with E-state index in [0.29, 0.717) is 22.1 Å². The van der Waals surface area contributed by atoms with E-state index in [1.54, 1.807) is 12.4 Å². The first-order valence-corrected chi connectivity index (χ1v) is 8.92. The van der Waals surface area contributed by atoms with Gasteiger partial charge in [0.15, 0.2) is 5.76 Å². The fraction of sp³-hybridized carbons (Fsp3) is 0.278. The zero-order valence-corrected chi connectivity index (χ0v) is 15.1. The van der Waals surface area contributed by atoms with E-state index in [1.807, 2.05) is 6.07 Å². The summed E-state index contributed by atoms with van der Waals surface area (Å²) in [5, 5.41) is 7.65. The van der Waals surface area contributed by atoms with E-state index < -0.39 is 0 Å². The SMILES string of the molecule is Brc1cncc(-c2cc(-c3ccc(CN[C@@H]4CCOC4)cc3)no2)n1. The summed E-state index contributed by atoms with van der Waals surface area (Å²) in [5.74, 6) is 0.593. The molecule has 128 valence electrons. The largest absolute Gasteiger partial charge is 0.380 e. The molecule has 0 saturated carbocycles. The van der Waals surface area contributed by atoms with Crippen molar-refractivity contribution < 1.29 is 9.26 Å². The maximum absolute atomic E-state index is 5.41. The summed E-state index contributed by atoms with van der Waals surface area (Å²) in [7, 11) is 0. The molecule has 1 aliphatic rings. The maximum Gasteiger partial charge on any atom is 0.187 e. The van der Waals surface area contributed by atoms with Crippen LogP contribution in [-0.2, 0) is 11.3 Å². The molecule has 7 heteroatoms. The lowest BCUT2D eigenvalue weighted by atomic mass is 10.1. The smallest absolute Gasteiger partial charge is 0.187 e. The van der Waals surface area contributed by atoms with Gasteiger partial charge in [0.1, 0.15) is 16.0 Å². The summed E-state index contributed by atoms with van der Waals surface area (Å²) in [5.41, 5.74) is 3.66. The van der Waals surface area contributed by atoms with Crippen LogP contribution in [-0.4, -0.2) is 34.4 Å². The Morgan fingerprint density at radius 1 is 1.16 bits per heavy atom. The van der Waals surface area contributed by atoms with Crippen molar-refractivity contribution in [2.75, 3.05) is 13.2 Å². The summed E-state index contributed by atoms with van der Waals surface area (Å²) in [6.45, 7) is 2.50. The van der Waals surface area contributed by atoms with Gasteiger partial charge in [-0.05, 0) is 27.9 Å². The average molecular weight is 401 g/mol. The van der Waals surface area contributed by atoms with Crippen molar-refractivity contribution in [2.45, 2.75) is 19.0 Å². The number of nitrogens with one attached hydrogen (secondary N) is 1. The summed E-state index contributed by atoms with van der Waals surface area (Å²) in [6.07, 6.45) is 4.36. The molecule has 1 fully saturated rings. The Kier molecular flexibility index (Phi) is 4.87. The number of benzene rings is 1. The monoisotopic (exact) mass is 400 g/mol. The van der Waals surface area contributed by atoms with Gasteiger partial charge >= 0.3 is 0 Å². The number of hydrogen-bond donors (Lipinski definition) is 1. The van der Waals surface area contributed by atoms with E-state index in [0.717, 1.165) is 37.4 Å². The molecule has 3 heterocycles. The molecule has 0 aliphatic carbocycles. The number of aromatic nitrogens is 3. The van der Waals surface area contributed by atoms with Crippen molar-refractivity contribution in [1.82, 2.24) is 20.4 Å². The van der Waals surface area contributed by atoms with Crippen LogP contribution in [0.3, 0.4) is 0 Å². The third-order valence-corrected chi connectivity index (χ3v) is 4.52.